The number of aromatic nitrogens is 2. The summed E-state index contributed by atoms with van der Waals surface area (Å²) in [5.74, 6) is 0.378. The van der Waals surface area contributed by atoms with E-state index in [0.717, 1.165) is 20.8 Å². The minimum Gasteiger partial charge on any atom is -0.424 e. The van der Waals surface area contributed by atoms with Gasteiger partial charge in [0.25, 0.3) is 0 Å². The number of hydrogen-bond acceptors (Lipinski definition) is 5. The molecule has 2 aromatic carbocycles. The van der Waals surface area contributed by atoms with Crippen molar-refractivity contribution in [3.63, 3.8) is 0 Å². The van der Waals surface area contributed by atoms with Crippen LogP contribution in [-0.4, -0.2) is 22.6 Å². The van der Waals surface area contributed by atoms with E-state index < -0.39 is 0 Å². The molecule has 0 saturated carbocycles. The van der Waals surface area contributed by atoms with E-state index in [-0.39, 0.29) is 24.8 Å². The van der Waals surface area contributed by atoms with Crippen LogP contribution in [0.2, 0.25) is 0 Å². The van der Waals surface area contributed by atoms with Crippen LogP contribution >= 0.6 is 15.9 Å². The van der Waals surface area contributed by atoms with Crippen LogP contribution in [0.15, 0.2) is 45.3 Å². The molecule has 3 rings (SSSR count). The van der Waals surface area contributed by atoms with E-state index in [0.29, 0.717) is 12.3 Å². The average molecular weight is 385 g/mol. The molecule has 0 saturated heterocycles. The van der Waals surface area contributed by atoms with Gasteiger partial charge < -0.3 is 9.73 Å². The number of amides is 1. The highest BCUT2D eigenvalue weighted by Gasteiger charge is 2.11. The Balaban J connectivity index is 1.69. The Morgan fingerprint density at radius 2 is 1.92 bits per heavy atom. The quantitative estimate of drug-likeness (QED) is 0.682. The molecule has 0 unspecified atom stereocenters. The van der Waals surface area contributed by atoms with Crippen molar-refractivity contribution in [3.8, 4) is 6.07 Å². The highest BCUT2D eigenvalue weighted by atomic mass is 79.9. The fourth-order valence-electron chi connectivity index (χ4n) is 2.32. The molecular formula is C17H13BrN4O2. The van der Waals surface area contributed by atoms with Crippen molar-refractivity contribution in [1.29, 1.82) is 5.26 Å². The third-order valence-electron chi connectivity index (χ3n) is 3.41. The molecule has 0 bridgehead atoms. The fraction of sp³-hybridized carbons (Fsp3) is 0.176. The van der Waals surface area contributed by atoms with Crippen molar-refractivity contribution in [3.05, 3.63) is 58.2 Å². The van der Waals surface area contributed by atoms with Gasteiger partial charge in [-0.15, -0.1) is 10.2 Å². The van der Waals surface area contributed by atoms with Gasteiger partial charge in [0.2, 0.25) is 17.7 Å². The van der Waals surface area contributed by atoms with E-state index in [2.05, 4.69) is 43.6 Å². The van der Waals surface area contributed by atoms with Gasteiger partial charge in [-0.1, -0.05) is 40.2 Å². The molecule has 24 heavy (non-hydrogen) atoms. The van der Waals surface area contributed by atoms with E-state index in [9.17, 15) is 4.79 Å². The largest absolute Gasteiger partial charge is 0.424 e. The summed E-state index contributed by atoms with van der Waals surface area (Å²) in [4.78, 5) is 11.5. The van der Waals surface area contributed by atoms with Crippen LogP contribution in [0.5, 0.6) is 0 Å². The Labute approximate surface area is 146 Å². The molecular weight excluding hydrogens is 372 g/mol. The molecule has 1 amide bonds. The summed E-state index contributed by atoms with van der Waals surface area (Å²) in [7, 11) is 0. The molecule has 1 N–H and O–H groups in total. The Morgan fingerprint density at radius 1 is 1.17 bits per heavy atom. The number of halogens is 1. The van der Waals surface area contributed by atoms with Gasteiger partial charge in [-0.3, -0.25) is 4.79 Å². The molecule has 6 nitrogen and oxygen atoms in total. The second-order valence-electron chi connectivity index (χ2n) is 5.20. The maximum atomic E-state index is 11.5. The van der Waals surface area contributed by atoms with Gasteiger partial charge in [-0.25, -0.2) is 0 Å². The molecule has 3 aromatic rings. The van der Waals surface area contributed by atoms with Crippen molar-refractivity contribution in [2.24, 2.45) is 0 Å². The first-order valence-corrected chi connectivity index (χ1v) is 8.06. The van der Waals surface area contributed by atoms with Gasteiger partial charge in [-0.05, 0) is 28.5 Å². The number of nitrogens with one attached hydrogen (secondary N) is 1. The third kappa shape index (κ3) is 3.97. The molecule has 0 atom stereocenters. The first-order valence-electron chi connectivity index (χ1n) is 7.27. The predicted molar refractivity (Wildman–Crippen MR) is 91.1 cm³/mol. The Hall–Kier alpha value is -2.72. The molecule has 1 heterocycles. The smallest absolute Gasteiger partial charge is 0.230 e. The van der Waals surface area contributed by atoms with Crippen molar-refractivity contribution in [2.45, 2.75) is 12.8 Å². The van der Waals surface area contributed by atoms with Gasteiger partial charge in [0.1, 0.15) is 13.0 Å². The summed E-state index contributed by atoms with van der Waals surface area (Å²) in [6.45, 7) is -0.0347. The van der Waals surface area contributed by atoms with Gasteiger partial charge >= 0.3 is 0 Å². The number of nitrogens with zero attached hydrogens (tertiary/aromatic N) is 3. The topological polar surface area (TPSA) is 91.8 Å². The van der Waals surface area contributed by atoms with Gasteiger partial charge in [-0.2, -0.15) is 5.26 Å². The van der Waals surface area contributed by atoms with Gasteiger partial charge in [0.05, 0.1) is 12.5 Å². The number of nitriles is 1. The molecule has 120 valence electrons. The summed E-state index contributed by atoms with van der Waals surface area (Å²) in [6.07, 6.45) is 0.471. The minimum atomic E-state index is -0.317. The maximum Gasteiger partial charge on any atom is 0.230 e. The van der Waals surface area contributed by atoms with Crippen LogP contribution in [0.4, 0.5) is 0 Å². The van der Waals surface area contributed by atoms with E-state index >= 15 is 0 Å². The van der Waals surface area contributed by atoms with E-state index in [4.69, 9.17) is 9.68 Å². The first-order chi connectivity index (χ1) is 11.6. The molecule has 1 aromatic heterocycles. The predicted octanol–water partition coefficient (Wildman–Crippen LogP) is 2.76. The third-order valence-corrected chi connectivity index (χ3v) is 3.90. The number of fused-ring (bicyclic) bond motifs is 1. The van der Waals surface area contributed by atoms with Crippen LogP contribution < -0.4 is 5.32 Å². The number of carbonyl (C=O) groups excluding carboxylic acids is 1. The molecule has 0 fully saturated rings. The normalized spacial score (nSPS) is 10.5. The Kier molecular flexibility index (Phi) is 4.87. The summed E-state index contributed by atoms with van der Waals surface area (Å²) in [5.41, 5.74) is 1.05. The molecule has 0 radical (unpaired) electrons. The van der Waals surface area contributed by atoms with E-state index in [1.165, 1.54) is 0 Å². The minimum absolute atomic E-state index is 0.0274. The van der Waals surface area contributed by atoms with Crippen LogP contribution in [-0.2, 0) is 17.6 Å². The van der Waals surface area contributed by atoms with Gasteiger partial charge in [0.15, 0.2) is 0 Å². The second kappa shape index (κ2) is 7.23. The summed E-state index contributed by atoms with van der Waals surface area (Å²) < 4.78 is 6.54. The van der Waals surface area contributed by atoms with Crippen molar-refractivity contribution >= 4 is 32.6 Å². The van der Waals surface area contributed by atoms with Crippen LogP contribution in [0.25, 0.3) is 10.8 Å². The summed E-state index contributed by atoms with van der Waals surface area (Å²) in [5, 5.41) is 21.0. The van der Waals surface area contributed by atoms with Crippen LogP contribution in [0.3, 0.4) is 0 Å². The van der Waals surface area contributed by atoms with E-state index in [1.807, 2.05) is 30.3 Å². The van der Waals surface area contributed by atoms with E-state index in [1.54, 1.807) is 0 Å². The monoisotopic (exact) mass is 384 g/mol. The lowest BCUT2D eigenvalue weighted by molar-refractivity contribution is -0.120. The Bertz CT molecular complexity index is 930. The zero-order valence-corrected chi connectivity index (χ0v) is 14.2. The zero-order valence-electron chi connectivity index (χ0n) is 12.6. The molecule has 0 aliphatic heterocycles. The highest BCUT2D eigenvalue weighted by molar-refractivity contribution is 9.10. The number of benzene rings is 2. The van der Waals surface area contributed by atoms with Gasteiger partial charge in [0, 0.05) is 4.47 Å². The lowest BCUT2D eigenvalue weighted by atomic mass is 10.1. The van der Waals surface area contributed by atoms with Crippen LogP contribution in [0, 0.1) is 11.3 Å². The first kappa shape index (κ1) is 16.1. The molecule has 7 heteroatoms. The molecule has 0 aliphatic rings. The summed E-state index contributed by atoms with van der Waals surface area (Å²) >= 11 is 3.46. The van der Waals surface area contributed by atoms with Crippen molar-refractivity contribution < 1.29 is 9.21 Å². The SMILES string of the molecule is N#CCNC(=O)Cc1nnc(Cc2ccc3cc(Br)ccc3c2)o1. The summed E-state index contributed by atoms with van der Waals surface area (Å²) in [6, 6.07) is 14.1. The van der Waals surface area contributed by atoms with Crippen molar-refractivity contribution in [1.82, 2.24) is 15.5 Å². The second-order valence-corrected chi connectivity index (χ2v) is 6.12. The number of rotatable bonds is 5. The van der Waals surface area contributed by atoms with Crippen molar-refractivity contribution in [2.75, 3.05) is 6.54 Å². The maximum absolute atomic E-state index is 11.5. The highest BCUT2D eigenvalue weighted by Crippen LogP contribution is 2.22. The molecule has 0 aliphatic carbocycles. The fourth-order valence-corrected chi connectivity index (χ4v) is 2.70. The average Bonchev–Trinajstić information content (AvgIpc) is 3.00. The Morgan fingerprint density at radius 3 is 2.75 bits per heavy atom. The number of carbonyl (C=O) groups is 1. The lowest BCUT2D eigenvalue weighted by Crippen LogP contribution is -2.25. The number of hydrogen-bond donors (Lipinski definition) is 1. The molecule has 0 spiro atoms. The zero-order chi connectivity index (χ0) is 16.9. The standard InChI is InChI=1S/C17H13BrN4O2/c18-14-4-3-12-7-11(1-2-13(12)9-14)8-16-21-22-17(24-16)10-15(23)20-6-5-19/h1-4,7,9H,6,8,10H2,(H,20,23). The van der Waals surface area contributed by atoms with Crippen LogP contribution in [0.1, 0.15) is 17.3 Å². The lowest BCUT2D eigenvalue weighted by Gasteiger charge is -2.02.